The van der Waals surface area contributed by atoms with Gasteiger partial charge in [-0.1, -0.05) is 0 Å². The molecule has 1 saturated heterocycles. The van der Waals surface area contributed by atoms with Gasteiger partial charge in [0.2, 0.25) is 0 Å². The lowest BCUT2D eigenvalue weighted by Gasteiger charge is -2.29. The van der Waals surface area contributed by atoms with Gasteiger partial charge in [-0.05, 0) is 13.0 Å². The van der Waals surface area contributed by atoms with Crippen molar-refractivity contribution in [2.24, 2.45) is 0 Å². The van der Waals surface area contributed by atoms with Crippen molar-refractivity contribution >= 4 is 11.9 Å². The summed E-state index contributed by atoms with van der Waals surface area (Å²) in [7, 11) is 0. The molecule has 1 aliphatic heterocycles. The van der Waals surface area contributed by atoms with Crippen LogP contribution in [0.2, 0.25) is 0 Å². The average Bonchev–Trinajstić information content (AvgIpc) is 2.42. The van der Waals surface area contributed by atoms with Crippen LogP contribution in [0, 0.1) is 0 Å². The topological polar surface area (TPSA) is 90.3 Å². The lowest BCUT2D eigenvalue weighted by molar-refractivity contribution is -0.138. The molecule has 0 amide bonds. The number of carboxylic acid groups (broad SMARTS) is 2. The molecule has 0 radical (unpaired) electrons. The first-order chi connectivity index (χ1) is 9.58. The van der Waals surface area contributed by atoms with Crippen molar-refractivity contribution in [3.63, 3.8) is 0 Å². The molecule has 0 aromatic carbocycles. The fraction of sp³-hybridized carbons (Fsp3) is 0.846. The minimum Gasteiger partial charge on any atom is -0.481 e. The zero-order chi connectivity index (χ0) is 14.8. The highest BCUT2D eigenvalue weighted by Gasteiger charge is 2.13. The van der Waals surface area contributed by atoms with Gasteiger partial charge < -0.3 is 19.8 Å². The summed E-state index contributed by atoms with van der Waals surface area (Å²) in [4.78, 5) is 25.5. The Morgan fingerprint density at radius 1 is 1.00 bits per heavy atom. The fourth-order valence-electron chi connectivity index (χ4n) is 2.15. The molecule has 20 heavy (non-hydrogen) atoms. The first-order valence-corrected chi connectivity index (χ1v) is 7.04. The van der Waals surface area contributed by atoms with E-state index in [0.717, 1.165) is 39.4 Å². The average molecular weight is 288 g/mol. The summed E-state index contributed by atoms with van der Waals surface area (Å²) < 4.78 is 5.28. The number of nitrogens with zero attached hydrogens (tertiary/aromatic N) is 2. The summed E-state index contributed by atoms with van der Waals surface area (Å²) >= 11 is 0. The van der Waals surface area contributed by atoms with Gasteiger partial charge in [0, 0.05) is 39.1 Å². The van der Waals surface area contributed by atoms with Crippen LogP contribution < -0.4 is 0 Å². The molecule has 1 rings (SSSR count). The van der Waals surface area contributed by atoms with Crippen molar-refractivity contribution in [2.45, 2.75) is 19.3 Å². The molecule has 1 aliphatic rings. The van der Waals surface area contributed by atoms with E-state index in [9.17, 15) is 9.59 Å². The van der Waals surface area contributed by atoms with Gasteiger partial charge in [-0.25, -0.2) is 0 Å². The normalized spacial score (nSPS) is 16.4. The van der Waals surface area contributed by atoms with Crippen LogP contribution in [0.15, 0.2) is 0 Å². The van der Waals surface area contributed by atoms with Crippen molar-refractivity contribution in [3.05, 3.63) is 0 Å². The number of rotatable bonds is 10. The van der Waals surface area contributed by atoms with E-state index >= 15 is 0 Å². The Kier molecular flexibility index (Phi) is 8.17. The van der Waals surface area contributed by atoms with Crippen molar-refractivity contribution < 1.29 is 24.5 Å². The van der Waals surface area contributed by atoms with E-state index in [1.165, 1.54) is 0 Å². The molecular weight excluding hydrogens is 264 g/mol. The summed E-state index contributed by atoms with van der Waals surface area (Å²) in [6.45, 7) is 6.04. The molecule has 0 aromatic heterocycles. The molecule has 0 atom stereocenters. The highest BCUT2D eigenvalue weighted by Crippen LogP contribution is 2.01. The van der Waals surface area contributed by atoms with E-state index in [2.05, 4.69) is 4.90 Å². The molecular formula is C13H24N2O5. The highest BCUT2D eigenvalue weighted by atomic mass is 16.5. The van der Waals surface area contributed by atoms with Gasteiger partial charge in [-0.2, -0.15) is 0 Å². The van der Waals surface area contributed by atoms with Crippen LogP contribution >= 0.6 is 0 Å². The maximum Gasteiger partial charge on any atom is 0.304 e. The summed E-state index contributed by atoms with van der Waals surface area (Å²) in [6.07, 6.45) is 0.773. The second kappa shape index (κ2) is 9.68. The van der Waals surface area contributed by atoms with Gasteiger partial charge >= 0.3 is 11.9 Å². The standard InChI is InChI=1S/C13H24N2O5/c16-12(17)2-1-4-14(5-3-13(18)19)6-7-15-8-10-20-11-9-15/h1-11H2,(H,16,17)(H,18,19). The minimum atomic E-state index is -0.820. The molecule has 0 aliphatic carbocycles. The molecule has 1 fully saturated rings. The summed E-state index contributed by atoms with van der Waals surface area (Å²) in [5, 5.41) is 17.4. The largest absolute Gasteiger partial charge is 0.481 e. The Labute approximate surface area is 119 Å². The summed E-state index contributed by atoms with van der Waals surface area (Å²) in [5.41, 5.74) is 0. The third-order valence-corrected chi connectivity index (χ3v) is 3.34. The molecule has 0 saturated carbocycles. The number of carbonyl (C=O) groups is 2. The van der Waals surface area contributed by atoms with E-state index < -0.39 is 11.9 Å². The van der Waals surface area contributed by atoms with E-state index in [0.29, 0.717) is 19.5 Å². The van der Waals surface area contributed by atoms with E-state index in [4.69, 9.17) is 14.9 Å². The molecule has 1 heterocycles. The molecule has 7 heteroatoms. The third-order valence-electron chi connectivity index (χ3n) is 3.34. The van der Waals surface area contributed by atoms with Gasteiger partial charge in [0.25, 0.3) is 0 Å². The first-order valence-electron chi connectivity index (χ1n) is 7.04. The van der Waals surface area contributed by atoms with E-state index in [1.54, 1.807) is 0 Å². The zero-order valence-electron chi connectivity index (χ0n) is 11.8. The lowest BCUT2D eigenvalue weighted by atomic mass is 10.2. The Balaban J connectivity index is 2.27. The van der Waals surface area contributed by atoms with Crippen molar-refractivity contribution in [2.75, 3.05) is 52.5 Å². The smallest absolute Gasteiger partial charge is 0.304 e. The molecule has 0 spiro atoms. The van der Waals surface area contributed by atoms with Crippen LogP contribution in [-0.4, -0.2) is 84.4 Å². The SMILES string of the molecule is O=C(O)CCCN(CCC(=O)O)CCN1CCOCC1. The number of morpholine rings is 1. The molecule has 7 nitrogen and oxygen atoms in total. The number of ether oxygens (including phenoxy) is 1. The van der Waals surface area contributed by atoms with Crippen LogP contribution in [-0.2, 0) is 14.3 Å². The van der Waals surface area contributed by atoms with Crippen molar-refractivity contribution in [3.8, 4) is 0 Å². The van der Waals surface area contributed by atoms with E-state index in [1.807, 2.05) is 4.90 Å². The van der Waals surface area contributed by atoms with Crippen LogP contribution in [0.25, 0.3) is 0 Å². The second-order valence-electron chi connectivity index (χ2n) is 4.94. The van der Waals surface area contributed by atoms with Gasteiger partial charge in [0.15, 0.2) is 0 Å². The lowest BCUT2D eigenvalue weighted by Crippen LogP contribution is -2.42. The maximum absolute atomic E-state index is 10.6. The number of hydrogen-bond donors (Lipinski definition) is 2. The van der Waals surface area contributed by atoms with Crippen LogP contribution in [0.3, 0.4) is 0 Å². The monoisotopic (exact) mass is 288 g/mol. The second-order valence-corrected chi connectivity index (χ2v) is 4.94. The zero-order valence-corrected chi connectivity index (χ0v) is 11.8. The van der Waals surface area contributed by atoms with Crippen LogP contribution in [0.5, 0.6) is 0 Å². The van der Waals surface area contributed by atoms with Gasteiger partial charge in [-0.15, -0.1) is 0 Å². The van der Waals surface area contributed by atoms with Crippen molar-refractivity contribution in [1.29, 1.82) is 0 Å². The minimum absolute atomic E-state index is 0.0934. The Morgan fingerprint density at radius 3 is 2.25 bits per heavy atom. The van der Waals surface area contributed by atoms with Gasteiger partial charge in [0.1, 0.15) is 0 Å². The molecule has 2 N–H and O–H groups in total. The van der Waals surface area contributed by atoms with Crippen LogP contribution in [0.1, 0.15) is 19.3 Å². The maximum atomic E-state index is 10.6. The first kappa shape index (κ1) is 16.9. The predicted molar refractivity (Wildman–Crippen MR) is 72.8 cm³/mol. The Morgan fingerprint density at radius 2 is 1.65 bits per heavy atom. The van der Waals surface area contributed by atoms with Gasteiger partial charge in [-0.3, -0.25) is 14.5 Å². The Bertz CT molecular complexity index is 305. The van der Waals surface area contributed by atoms with Gasteiger partial charge in [0.05, 0.1) is 19.6 Å². The predicted octanol–water partition coefficient (Wildman–Crippen LogP) is -0.0399. The summed E-state index contributed by atoms with van der Waals surface area (Å²) in [5.74, 6) is -1.63. The highest BCUT2D eigenvalue weighted by molar-refractivity contribution is 5.67. The molecule has 116 valence electrons. The number of aliphatic carboxylic acids is 2. The molecule has 0 bridgehead atoms. The van der Waals surface area contributed by atoms with E-state index in [-0.39, 0.29) is 12.8 Å². The Hall–Kier alpha value is -1.18. The molecule has 0 unspecified atom stereocenters. The number of hydrogen-bond acceptors (Lipinski definition) is 5. The summed E-state index contributed by atoms with van der Waals surface area (Å²) in [6, 6.07) is 0. The third kappa shape index (κ3) is 8.08. The number of carboxylic acids is 2. The van der Waals surface area contributed by atoms with Crippen molar-refractivity contribution in [1.82, 2.24) is 9.80 Å². The van der Waals surface area contributed by atoms with Crippen LogP contribution in [0.4, 0.5) is 0 Å². The quantitative estimate of drug-likeness (QED) is 0.583. The fourth-order valence-corrected chi connectivity index (χ4v) is 2.15. The molecule has 0 aromatic rings.